The summed E-state index contributed by atoms with van der Waals surface area (Å²) in [5.74, 6) is 1.22. The Morgan fingerprint density at radius 2 is 2.50 bits per heavy atom. The van der Waals surface area contributed by atoms with Gasteiger partial charge in [-0.05, 0) is 0 Å². The molecule has 1 unspecified atom stereocenters. The maximum absolute atomic E-state index is 8.45. The van der Waals surface area contributed by atoms with Gasteiger partial charge < -0.3 is 0 Å². The Hall–Kier alpha value is -0.880. The molecule has 0 saturated heterocycles. The predicted octanol–water partition coefficient (Wildman–Crippen LogP) is -1.53. The highest BCUT2D eigenvalue weighted by molar-refractivity contribution is 5.70. The molecule has 1 aliphatic rings. The van der Waals surface area contributed by atoms with Crippen LogP contribution in [0.25, 0.3) is 0 Å². The van der Waals surface area contributed by atoms with Crippen LogP contribution in [0.3, 0.4) is 0 Å². The highest BCUT2D eigenvalue weighted by atomic mass is 15.3. The first-order chi connectivity index (χ1) is 4.75. The van der Waals surface area contributed by atoms with Crippen LogP contribution >= 0.6 is 0 Å². The second-order valence-corrected chi connectivity index (χ2v) is 2.73. The predicted molar refractivity (Wildman–Crippen MR) is 38.0 cm³/mol. The fourth-order valence-corrected chi connectivity index (χ4v) is 1.30. The lowest BCUT2D eigenvalue weighted by Gasteiger charge is -1.97. The van der Waals surface area contributed by atoms with Gasteiger partial charge in [0.25, 0.3) is 0 Å². The van der Waals surface area contributed by atoms with Crippen LogP contribution in [0.4, 0.5) is 0 Å². The molecule has 1 heterocycles. The Morgan fingerprint density at radius 3 is 2.90 bits per heavy atom. The minimum absolute atomic E-state index is 0.572. The Kier molecular flexibility index (Phi) is 2.03. The summed E-state index contributed by atoms with van der Waals surface area (Å²) in [5, 5.41) is 8.45. The number of hydrogen-bond donors (Lipinski definition) is 1. The first-order valence-corrected chi connectivity index (χ1v) is 3.52. The molecule has 0 aromatic carbocycles. The van der Waals surface area contributed by atoms with Gasteiger partial charge in [-0.25, -0.2) is 4.90 Å². The topological polar surface area (TPSA) is 31.2 Å². The van der Waals surface area contributed by atoms with E-state index < -0.39 is 0 Å². The number of amidine groups is 1. The summed E-state index contributed by atoms with van der Waals surface area (Å²) in [6.07, 6.45) is 0.572. The SMILES string of the molecule is C[N+]1=C(CC#N)[NH+](C)CC1. The zero-order chi connectivity index (χ0) is 7.56. The molecule has 0 aliphatic carbocycles. The van der Waals surface area contributed by atoms with E-state index in [0.29, 0.717) is 6.42 Å². The minimum Gasteiger partial charge on any atom is -0.248 e. The molecular formula is C7H13N3+2. The highest BCUT2D eigenvalue weighted by Crippen LogP contribution is 1.81. The van der Waals surface area contributed by atoms with Crippen molar-refractivity contribution >= 4 is 5.84 Å². The molecule has 1 aliphatic heterocycles. The van der Waals surface area contributed by atoms with Gasteiger partial charge in [0.05, 0.1) is 13.1 Å². The number of hydrogen-bond acceptors (Lipinski definition) is 1. The smallest absolute Gasteiger partial charge is 0.248 e. The van der Waals surface area contributed by atoms with E-state index in [4.69, 9.17) is 5.26 Å². The molecule has 0 saturated carbocycles. The minimum atomic E-state index is 0.572. The normalized spacial score (nSPS) is 25.1. The van der Waals surface area contributed by atoms with Crippen LogP contribution in [0.2, 0.25) is 0 Å². The van der Waals surface area contributed by atoms with Gasteiger partial charge in [0.1, 0.15) is 13.6 Å². The van der Waals surface area contributed by atoms with Crippen molar-refractivity contribution in [2.75, 3.05) is 27.2 Å². The summed E-state index contributed by atoms with van der Waals surface area (Å²) >= 11 is 0. The summed E-state index contributed by atoms with van der Waals surface area (Å²) in [7, 11) is 4.15. The lowest BCUT2D eigenvalue weighted by atomic mass is 10.4. The Balaban J connectivity index is 2.70. The maximum atomic E-state index is 8.45. The van der Waals surface area contributed by atoms with Crippen LogP contribution in [-0.2, 0) is 0 Å². The molecule has 0 aromatic heterocycles. The van der Waals surface area contributed by atoms with Crippen LogP contribution in [0.5, 0.6) is 0 Å². The van der Waals surface area contributed by atoms with Gasteiger partial charge in [-0.2, -0.15) is 9.84 Å². The van der Waals surface area contributed by atoms with Gasteiger partial charge >= 0.3 is 5.84 Å². The first kappa shape index (κ1) is 7.23. The number of nitriles is 1. The monoisotopic (exact) mass is 139 g/mol. The van der Waals surface area contributed by atoms with Crippen molar-refractivity contribution in [3.63, 3.8) is 0 Å². The quantitative estimate of drug-likeness (QED) is 0.439. The lowest BCUT2D eigenvalue weighted by molar-refractivity contribution is -0.779. The average Bonchev–Trinajstić information content (AvgIpc) is 2.20. The van der Waals surface area contributed by atoms with Crippen molar-refractivity contribution in [3.05, 3.63) is 0 Å². The molecule has 1 atom stereocenters. The third kappa shape index (κ3) is 1.17. The summed E-state index contributed by atoms with van der Waals surface area (Å²) < 4.78 is 2.17. The van der Waals surface area contributed by atoms with Crippen LogP contribution in [-0.4, -0.2) is 37.6 Å². The van der Waals surface area contributed by atoms with Crippen molar-refractivity contribution in [1.82, 2.24) is 0 Å². The van der Waals surface area contributed by atoms with Crippen molar-refractivity contribution in [2.24, 2.45) is 0 Å². The van der Waals surface area contributed by atoms with E-state index in [2.05, 4.69) is 17.7 Å². The highest BCUT2D eigenvalue weighted by Gasteiger charge is 2.28. The third-order valence-corrected chi connectivity index (χ3v) is 2.02. The molecule has 0 bridgehead atoms. The van der Waals surface area contributed by atoms with Gasteiger partial charge in [-0.3, -0.25) is 0 Å². The molecule has 0 spiro atoms. The Bertz CT molecular complexity index is 199. The summed E-state index contributed by atoms with van der Waals surface area (Å²) in [6.45, 7) is 2.22. The zero-order valence-corrected chi connectivity index (χ0v) is 6.52. The van der Waals surface area contributed by atoms with E-state index in [0.717, 1.165) is 13.1 Å². The molecule has 0 aromatic rings. The maximum Gasteiger partial charge on any atom is 0.350 e. The second kappa shape index (κ2) is 2.80. The molecule has 3 heteroatoms. The number of likely N-dealkylation sites (N-methyl/N-ethyl adjacent to an activating group) is 2. The van der Waals surface area contributed by atoms with E-state index in [1.54, 1.807) is 0 Å². The number of nitrogens with one attached hydrogen (secondary N) is 1. The van der Waals surface area contributed by atoms with Gasteiger partial charge in [0.2, 0.25) is 0 Å². The summed E-state index contributed by atoms with van der Waals surface area (Å²) in [5.41, 5.74) is 0. The van der Waals surface area contributed by atoms with E-state index >= 15 is 0 Å². The van der Waals surface area contributed by atoms with E-state index in [9.17, 15) is 0 Å². The molecule has 0 amide bonds. The van der Waals surface area contributed by atoms with Crippen LogP contribution in [0.1, 0.15) is 6.42 Å². The Morgan fingerprint density at radius 1 is 1.80 bits per heavy atom. The summed E-state index contributed by atoms with van der Waals surface area (Å²) in [6, 6.07) is 2.17. The molecular weight excluding hydrogens is 126 g/mol. The van der Waals surface area contributed by atoms with E-state index in [1.807, 2.05) is 7.05 Å². The number of nitrogens with zero attached hydrogens (tertiary/aromatic N) is 2. The zero-order valence-electron chi connectivity index (χ0n) is 6.52. The third-order valence-electron chi connectivity index (χ3n) is 2.02. The summed E-state index contributed by atoms with van der Waals surface area (Å²) in [4.78, 5) is 1.38. The fraction of sp³-hybridized carbons (Fsp3) is 0.714. The van der Waals surface area contributed by atoms with Gasteiger partial charge in [-0.15, -0.1) is 0 Å². The fourth-order valence-electron chi connectivity index (χ4n) is 1.30. The van der Waals surface area contributed by atoms with Gasteiger partial charge in [0.15, 0.2) is 13.0 Å². The molecule has 3 nitrogen and oxygen atoms in total. The molecule has 10 heavy (non-hydrogen) atoms. The number of quaternary nitrogens is 1. The molecule has 54 valence electrons. The van der Waals surface area contributed by atoms with Gasteiger partial charge in [-0.1, -0.05) is 0 Å². The van der Waals surface area contributed by atoms with Crippen LogP contribution < -0.4 is 4.90 Å². The van der Waals surface area contributed by atoms with Crippen molar-refractivity contribution < 1.29 is 9.48 Å². The molecule has 1 rings (SSSR count). The van der Waals surface area contributed by atoms with E-state index in [1.165, 1.54) is 10.7 Å². The lowest BCUT2D eigenvalue weighted by Crippen LogP contribution is -3.10. The Labute approximate surface area is 61.2 Å². The van der Waals surface area contributed by atoms with Crippen molar-refractivity contribution in [2.45, 2.75) is 6.42 Å². The molecule has 0 radical (unpaired) electrons. The van der Waals surface area contributed by atoms with Crippen LogP contribution in [0.15, 0.2) is 0 Å². The standard InChI is InChI=1S/C7H12N3/c1-9-5-6-10(2)7(9)3-4-8/h3,5-6H2,1-2H3/q+1/p+1. The first-order valence-electron chi connectivity index (χ1n) is 3.52. The second-order valence-electron chi connectivity index (χ2n) is 2.73. The van der Waals surface area contributed by atoms with Gasteiger partial charge in [0, 0.05) is 0 Å². The number of rotatable bonds is 1. The largest absolute Gasteiger partial charge is 0.350 e. The average molecular weight is 139 g/mol. The molecule has 1 N–H and O–H groups in total. The molecule has 0 fully saturated rings. The van der Waals surface area contributed by atoms with Crippen molar-refractivity contribution in [1.29, 1.82) is 5.26 Å². The van der Waals surface area contributed by atoms with E-state index in [-0.39, 0.29) is 0 Å². The van der Waals surface area contributed by atoms with Crippen LogP contribution in [0, 0.1) is 11.3 Å². The van der Waals surface area contributed by atoms with Crippen molar-refractivity contribution in [3.8, 4) is 6.07 Å².